The van der Waals surface area contributed by atoms with Crippen LogP contribution in [0.15, 0.2) is 70.7 Å². The fourth-order valence-corrected chi connectivity index (χ4v) is 4.00. The molecule has 0 fully saturated rings. The van der Waals surface area contributed by atoms with Crippen molar-refractivity contribution in [1.82, 2.24) is 9.55 Å². The van der Waals surface area contributed by atoms with E-state index in [1.54, 1.807) is 18.0 Å². The first-order valence-corrected chi connectivity index (χ1v) is 8.72. The molecule has 0 N–H and O–H groups in total. The van der Waals surface area contributed by atoms with Gasteiger partial charge in [0.25, 0.3) is 0 Å². The van der Waals surface area contributed by atoms with Gasteiger partial charge in [0.2, 0.25) is 5.91 Å². The molecule has 3 aromatic rings. The van der Waals surface area contributed by atoms with E-state index in [1.807, 2.05) is 59.0 Å². The van der Waals surface area contributed by atoms with Crippen LogP contribution >= 0.6 is 11.8 Å². The van der Waals surface area contributed by atoms with Crippen molar-refractivity contribution in [2.24, 2.45) is 0 Å². The molecule has 0 bridgehead atoms. The second-order valence-corrected chi connectivity index (χ2v) is 6.77. The summed E-state index contributed by atoms with van der Waals surface area (Å²) in [6.07, 6.45) is 4.11. The number of carbonyl (C=O) groups is 1. The maximum Gasteiger partial charge on any atom is 0.233 e. The third-order valence-electron chi connectivity index (χ3n) is 4.17. The van der Waals surface area contributed by atoms with E-state index in [0.717, 1.165) is 27.0 Å². The summed E-state index contributed by atoms with van der Waals surface area (Å²) in [5, 5.41) is 0. The van der Waals surface area contributed by atoms with E-state index in [9.17, 15) is 4.79 Å². The van der Waals surface area contributed by atoms with E-state index >= 15 is 0 Å². The van der Waals surface area contributed by atoms with Crippen LogP contribution in [0.2, 0.25) is 0 Å². The molecule has 4 nitrogen and oxygen atoms in total. The van der Waals surface area contributed by atoms with E-state index < -0.39 is 0 Å². The quantitative estimate of drug-likeness (QED) is 0.711. The van der Waals surface area contributed by atoms with Crippen LogP contribution in [0.1, 0.15) is 12.2 Å². The molecular formula is C19H17N3OS. The van der Waals surface area contributed by atoms with E-state index in [2.05, 4.69) is 17.1 Å². The number of aryl methyl sites for hydroxylation is 2. The molecule has 5 heteroatoms. The van der Waals surface area contributed by atoms with Crippen molar-refractivity contribution in [3.05, 3.63) is 66.7 Å². The topological polar surface area (TPSA) is 38.1 Å². The van der Waals surface area contributed by atoms with Gasteiger partial charge in [0.15, 0.2) is 0 Å². The molecule has 24 heavy (non-hydrogen) atoms. The Balaban J connectivity index is 1.66. The summed E-state index contributed by atoms with van der Waals surface area (Å²) >= 11 is 1.71. The van der Waals surface area contributed by atoms with Crippen molar-refractivity contribution in [3.8, 4) is 0 Å². The molecule has 1 aliphatic heterocycles. The van der Waals surface area contributed by atoms with Gasteiger partial charge in [-0.15, -0.1) is 0 Å². The average Bonchev–Trinajstić information content (AvgIpc) is 3.02. The largest absolute Gasteiger partial charge is 0.335 e. The zero-order valence-corrected chi connectivity index (χ0v) is 14.2. The van der Waals surface area contributed by atoms with E-state index in [0.29, 0.717) is 13.0 Å². The fraction of sp³-hybridized carbons (Fsp3) is 0.158. The molecule has 0 aliphatic carbocycles. The first-order chi connectivity index (χ1) is 11.7. The number of fused-ring (bicyclic) bond motifs is 2. The first-order valence-electron chi connectivity index (χ1n) is 7.90. The Morgan fingerprint density at radius 1 is 1.04 bits per heavy atom. The second kappa shape index (κ2) is 6.17. The first kappa shape index (κ1) is 15.0. The van der Waals surface area contributed by atoms with E-state index in [1.165, 1.54) is 0 Å². The highest BCUT2D eigenvalue weighted by Gasteiger charge is 2.27. The number of hydrogen-bond acceptors (Lipinski definition) is 3. The molecule has 0 atom stereocenters. The predicted molar refractivity (Wildman–Crippen MR) is 95.7 cm³/mol. The number of rotatable bonds is 3. The van der Waals surface area contributed by atoms with Crippen LogP contribution in [-0.4, -0.2) is 15.5 Å². The normalized spacial score (nSPS) is 12.6. The molecule has 0 radical (unpaired) electrons. The molecule has 120 valence electrons. The Kier molecular flexibility index (Phi) is 3.86. The number of imidazole rings is 1. The molecule has 1 amide bonds. The molecule has 0 saturated heterocycles. The van der Waals surface area contributed by atoms with Crippen molar-refractivity contribution in [2.45, 2.75) is 29.7 Å². The Labute approximate surface area is 145 Å². The van der Waals surface area contributed by atoms with Crippen LogP contribution in [0, 0.1) is 6.92 Å². The lowest BCUT2D eigenvalue weighted by Crippen LogP contribution is -2.29. The number of aromatic nitrogens is 2. The minimum atomic E-state index is 0.100. The number of benzene rings is 2. The van der Waals surface area contributed by atoms with Crippen molar-refractivity contribution < 1.29 is 4.79 Å². The molecule has 4 rings (SSSR count). The smallest absolute Gasteiger partial charge is 0.233 e. The van der Waals surface area contributed by atoms with Crippen molar-refractivity contribution >= 4 is 29.0 Å². The van der Waals surface area contributed by atoms with E-state index in [-0.39, 0.29) is 5.91 Å². The molecule has 0 unspecified atom stereocenters. The fourth-order valence-electron chi connectivity index (χ4n) is 2.94. The highest BCUT2D eigenvalue weighted by molar-refractivity contribution is 7.99. The highest BCUT2D eigenvalue weighted by atomic mass is 32.2. The van der Waals surface area contributed by atoms with Crippen LogP contribution in [0.5, 0.6) is 0 Å². The molecule has 0 saturated carbocycles. The van der Waals surface area contributed by atoms with Crippen LogP contribution in [0.4, 0.5) is 11.4 Å². The lowest BCUT2D eigenvalue weighted by Gasteiger charge is -2.31. The minimum absolute atomic E-state index is 0.100. The summed E-state index contributed by atoms with van der Waals surface area (Å²) in [6.45, 7) is 2.59. The maximum atomic E-state index is 13.0. The highest BCUT2D eigenvalue weighted by Crippen LogP contribution is 2.48. The van der Waals surface area contributed by atoms with Crippen LogP contribution in [0.25, 0.3) is 0 Å². The maximum absolute atomic E-state index is 13.0. The van der Waals surface area contributed by atoms with Gasteiger partial charge in [-0.25, -0.2) is 4.98 Å². The number of anilines is 2. The summed E-state index contributed by atoms with van der Waals surface area (Å²) in [5.41, 5.74) is 1.93. The van der Waals surface area contributed by atoms with Crippen LogP contribution in [0.3, 0.4) is 0 Å². The zero-order valence-electron chi connectivity index (χ0n) is 13.3. The second-order valence-electron chi connectivity index (χ2n) is 5.68. The summed E-state index contributed by atoms with van der Waals surface area (Å²) in [7, 11) is 0. The SMILES string of the molecule is Cc1nccn1CCC(=O)N1c2ccccc2Sc2ccccc21. The Morgan fingerprint density at radius 2 is 1.67 bits per heavy atom. The van der Waals surface area contributed by atoms with Crippen molar-refractivity contribution in [2.75, 3.05) is 4.90 Å². The Morgan fingerprint density at radius 3 is 2.25 bits per heavy atom. The van der Waals surface area contributed by atoms with Crippen molar-refractivity contribution in [1.29, 1.82) is 0 Å². The van der Waals surface area contributed by atoms with E-state index in [4.69, 9.17) is 0 Å². The Bertz CT molecular complexity index is 857. The standard InChI is InChI=1S/C19H17N3OS/c1-14-20-11-13-21(14)12-10-19(23)22-15-6-2-4-8-17(15)24-18-9-5-3-7-16(18)22/h2-9,11,13H,10,12H2,1H3. The van der Waals surface area contributed by atoms with Crippen LogP contribution in [-0.2, 0) is 11.3 Å². The lowest BCUT2D eigenvalue weighted by atomic mass is 10.2. The Hall–Kier alpha value is -2.53. The third-order valence-corrected chi connectivity index (χ3v) is 5.30. The van der Waals surface area contributed by atoms with Gasteiger partial charge in [0.1, 0.15) is 5.82 Å². The van der Waals surface area contributed by atoms with Gasteiger partial charge in [-0.05, 0) is 31.2 Å². The minimum Gasteiger partial charge on any atom is -0.335 e. The third kappa shape index (κ3) is 2.61. The van der Waals surface area contributed by atoms with Crippen molar-refractivity contribution in [3.63, 3.8) is 0 Å². The molecule has 1 aliphatic rings. The molecule has 2 aromatic carbocycles. The number of carbonyl (C=O) groups excluding carboxylic acids is 1. The van der Waals surface area contributed by atoms with Gasteiger partial charge >= 0.3 is 0 Å². The average molecular weight is 335 g/mol. The molecule has 1 aromatic heterocycles. The molecule has 2 heterocycles. The van der Waals surface area contributed by atoms with Gasteiger partial charge in [0.05, 0.1) is 11.4 Å². The molecular weight excluding hydrogens is 318 g/mol. The number of para-hydroxylation sites is 2. The van der Waals surface area contributed by atoms with Gasteiger partial charge in [-0.2, -0.15) is 0 Å². The van der Waals surface area contributed by atoms with Gasteiger partial charge in [-0.1, -0.05) is 36.0 Å². The number of nitrogens with zero attached hydrogens (tertiary/aromatic N) is 3. The summed E-state index contributed by atoms with van der Waals surface area (Å²) in [4.78, 5) is 21.3. The van der Waals surface area contributed by atoms with Gasteiger partial charge in [-0.3, -0.25) is 9.69 Å². The summed E-state index contributed by atoms with van der Waals surface area (Å²) in [5.74, 6) is 1.03. The number of amides is 1. The lowest BCUT2D eigenvalue weighted by molar-refractivity contribution is -0.118. The monoisotopic (exact) mass is 335 g/mol. The van der Waals surface area contributed by atoms with Crippen LogP contribution < -0.4 is 4.90 Å². The molecule has 0 spiro atoms. The summed E-state index contributed by atoms with van der Waals surface area (Å²) < 4.78 is 2.01. The zero-order chi connectivity index (χ0) is 16.5. The summed E-state index contributed by atoms with van der Waals surface area (Å²) in [6, 6.07) is 16.1. The van der Waals surface area contributed by atoms with Gasteiger partial charge < -0.3 is 4.57 Å². The predicted octanol–water partition coefficient (Wildman–Crippen LogP) is 4.41. The van der Waals surface area contributed by atoms with Gasteiger partial charge in [0, 0.05) is 35.2 Å². The number of hydrogen-bond donors (Lipinski definition) is 0.